The maximum atomic E-state index is 13.1. The Morgan fingerprint density at radius 2 is 1.94 bits per heavy atom. The summed E-state index contributed by atoms with van der Waals surface area (Å²) in [6.45, 7) is 4.28. The average Bonchev–Trinajstić information content (AvgIpc) is 3.25. The highest BCUT2D eigenvalue weighted by atomic mass is 32.2. The molecule has 174 valence electrons. The van der Waals surface area contributed by atoms with Gasteiger partial charge in [0.05, 0.1) is 16.3 Å². The van der Waals surface area contributed by atoms with Crippen LogP contribution in [0.4, 0.5) is 0 Å². The molecule has 0 atom stereocenters. The first-order chi connectivity index (χ1) is 16.3. The number of aliphatic carboxylic acids is 1. The second-order valence-corrected chi connectivity index (χ2v) is 10.5. The molecule has 2 aromatic carbocycles. The molecule has 4 rings (SSSR count). The summed E-state index contributed by atoms with van der Waals surface area (Å²) in [5.41, 5.74) is 3.76. The summed E-state index contributed by atoms with van der Waals surface area (Å²) in [6.07, 6.45) is 2.21. The Balaban J connectivity index is 1.72. The SMILES string of the molecule is Cc1cccc(Sc2c(/C=C3\SC(=S)N(CCCC(=O)O)C3=O)c(C)nn2-c2ccccc2)c1. The maximum Gasteiger partial charge on any atom is 0.303 e. The Hall–Kier alpha value is -2.88. The molecule has 1 N–H and O–H groups in total. The average molecular weight is 510 g/mol. The second kappa shape index (κ2) is 10.6. The number of rotatable bonds is 8. The molecule has 6 nitrogen and oxygen atoms in total. The van der Waals surface area contributed by atoms with Crippen LogP contribution in [-0.2, 0) is 9.59 Å². The molecule has 0 saturated carbocycles. The zero-order chi connectivity index (χ0) is 24.2. The second-order valence-electron chi connectivity index (χ2n) is 7.80. The van der Waals surface area contributed by atoms with Crippen molar-refractivity contribution in [1.82, 2.24) is 14.7 Å². The van der Waals surface area contributed by atoms with E-state index in [-0.39, 0.29) is 12.3 Å². The largest absolute Gasteiger partial charge is 0.481 e. The Morgan fingerprint density at radius 3 is 2.65 bits per heavy atom. The van der Waals surface area contributed by atoms with Gasteiger partial charge in [0.1, 0.15) is 9.35 Å². The lowest BCUT2D eigenvalue weighted by atomic mass is 10.2. The molecule has 0 unspecified atom stereocenters. The predicted octanol–water partition coefficient (Wildman–Crippen LogP) is 5.71. The van der Waals surface area contributed by atoms with Crippen LogP contribution in [0.25, 0.3) is 11.8 Å². The van der Waals surface area contributed by atoms with Crippen molar-refractivity contribution in [2.45, 2.75) is 36.6 Å². The molecular weight excluding hydrogens is 486 g/mol. The number of thiocarbonyl (C=S) groups is 1. The molecule has 1 saturated heterocycles. The van der Waals surface area contributed by atoms with Crippen LogP contribution in [0.15, 0.2) is 69.4 Å². The van der Waals surface area contributed by atoms with Crippen molar-refractivity contribution in [2.24, 2.45) is 0 Å². The number of carbonyl (C=O) groups excluding carboxylic acids is 1. The summed E-state index contributed by atoms with van der Waals surface area (Å²) in [5, 5.41) is 14.6. The van der Waals surface area contributed by atoms with Crippen molar-refractivity contribution in [2.75, 3.05) is 6.54 Å². The molecule has 0 radical (unpaired) electrons. The lowest BCUT2D eigenvalue weighted by Gasteiger charge is -2.13. The number of carboxylic acid groups (broad SMARTS) is 1. The highest BCUT2D eigenvalue weighted by Crippen LogP contribution is 2.39. The summed E-state index contributed by atoms with van der Waals surface area (Å²) < 4.78 is 2.35. The summed E-state index contributed by atoms with van der Waals surface area (Å²) in [6, 6.07) is 18.1. The molecule has 1 aromatic heterocycles. The molecule has 0 bridgehead atoms. The number of aryl methyl sites for hydroxylation is 2. The molecule has 1 fully saturated rings. The molecule has 34 heavy (non-hydrogen) atoms. The molecule has 1 amide bonds. The summed E-state index contributed by atoms with van der Waals surface area (Å²) in [4.78, 5) is 27.0. The Morgan fingerprint density at radius 1 is 1.18 bits per heavy atom. The number of hydrogen-bond donors (Lipinski definition) is 1. The maximum absolute atomic E-state index is 13.1. The van der Waals surface area contributed by atoms with Gasteiger partial charge in [-0.2, -0.15) is 5.10 Å². The van der Waals surface area contributed by atoms with Crippen LogP contribution in [0.1, 0.15) is 29.7 Å². The highest BCUT2D eigenvalue weighted by molar-refractivity contribution is 8.26. The third-order valence-corrected chi connectivity index (χ3v) is 7.64. The number of amides is 1. The zero-order valence-corrected chi connectivity index (χ0v) is 21.2. The Labute approximate surface area is 212 Å². The fourth-order valence-electron chi connectivity index (χ4n) is 3.53. The zero-order valence-electron chi connectivity index (χ0n) is 18.7. The van der Waals surface area contributed by atoms with Gasteiger partial charge in [-0.05, 0) is 50.6 Å². The van der Waals surface area contributed by atoms with Gasteiger partial charge in [0, 0.05) is 23.4 Å². The van der Waals surface area contributed by atoms with Gasteiger partial charge >= 0.3 is 5.97 Å². The molecule has 1 aliphatic heterocycles. The summed E-state index contributed by atoms with van der Waals surface area (Å²) in [5.74, 6) is -1.08. The fraction of sp³-hybridized carbons (Fsp3) is 0.200. The van der Waals surface area contributed by atoms with E-state index < -0.39 is 5.97 Å². The fourth-order valence-corrected chi connectivity index (χ4v) is 5.98. The first-order valence-electron chi connectivity index (χ1n) is 10.7. The van der Waals surface area contributed by atoms with Crippen molar-refractivity contribution in [3.63, 3.8) is 0 Å². The van der Waals surface area contributed by atoms with Crippen molar-refractivity contribution in [1.29, 1.82) is 0 Å². The van der Waals surface area contributed by atoms with Crippen LogP contribution in [0.5, 0.6) is 0 Å². The first-order valence-corrected chi connectivity index (χ1v) is 12.7. The minimum atomic E-state index is -0.886. The van der Waals surface area contributed by atoms with E-state index >= 15 is 0 Å². The number of carbonyl (C=O) groups is 2. The van der Waals surface area contributed by atoms with E-state index in [2.05, 4.69) is 25.1 Å². The van der Waals surface area contributed by atoms with E-state index in [1.54, 1.807) is 11.8 Å². The number of carboxylic acids is 1. The van der Waals surface area contributed by atoms with Crippen LogP contribution >= 0.6 is 35.7 Å². The number of thioether (sulfide) groups is 1. The Bertz CT molecular complexity index is 1290. The minimum Gasteiger partial charge on any atom is -0.481 e. The first kappa shape index (κ1) is 24.3. The van der Waals surface area contributed by atoms with Crippen molar-refractivity contribution in [3.8, 4) is 5.69 Å². The number of hydrogen-bond acceptors (Lipinski definition) is 6. The van der Waals surface area contributed by atoms with Gasteiger partial charge < -0.3 is 5.11 Å². The number of benzene rings is 2. The predicted molar refractivity (Wildman–Crippen MR) is 140 cm³/mol. The smallest absolute Gasteiger partial charge is 0.303 e. The molecule has 1 aliphatic rings. The molecule has 0 aliphatic carbocycles. The van der Waals surface area contributed by atoms with Crippen molar-refractivity contribution < 1.29 is 14.7 Å². The van der Waals surface area contributed by atoms with Crippen LogP contribution in [-0.4, -0.2) is 42.5 Å². The minimum absolute atomic E-state index is 0.00363. The quantitative estimate of drug-likeness (QED) is 0.308. The lowest BCUT2D eigenvalue weighted by Crippen LogP contribution is -2.29. The van der Waals surface area contributed by atoms with Gasteiger partial charge in [0.25, 0.3) is 5.91 Å². The molecule has 0 spiro atoms. The van der Waals surface area contributed by atoms with Crippen LogP contribution in [0.2, 0.25) is 0 Å². The number of nitrogens with zero attached hydrogens (tertiary/aromatic N) is 3. The van der Waals surface area contributed by atoms with E-state index in [1.165, 1.54) is 16.7 Å². The summed E-state index contributed by atoms with van der Waals surface area (Å²) >= 11 is 8.25. The third kappa shape index (κ3) is 5.43. The van der Waals surface area contributed by atoms with Crippen LogP contribution in [0.3, 0.4) is 0 Å². The molecule has 9 heteroatoms. The Kier molecular flexibility index (Phi) is 7.55. The van der Waals surface area contributed by atoms with Gasteiger partial charge in [0.2, 0.25) is 0 Å². The molecule has 3 aromatic rings. The highest BCUT2D eigenvalue weighted by Gasteiger charge is 2.32. The van der Waals surface area contributed by atoms with Crippen LogP contribution < -0.4 is 0 Å². The van der Waals surface area contributed by atoms with E-state index in [4.69, 9.17) is 22.4 Å². The van der Waals surface area contributed by atoms with E-state index in [0.717, 1.165) is 32.4 Å². The monoisotopic (exact) mass is 509 g/mol. The van der Waals surface area contributed by atoms with Gasteiger partial charge in [0.15, 0.2) is 0 Å². The van der Waals surface area contributed by atoms with Gasteiger partial charge in [-0.1, -0.05) is 71.6 Å². The topological polar surface area (TPSA) is 75.4 Å². The van der Waals surface area contributed by atoms with E-state index in [0.29, 0.717) is 22.2 Å². The van der Waals surface area contributed by atoms with Gasteiger partial charge in [-0.25, -0.2) is 4.68 Å². The van der Waals surface area contributed by atoms with Crippen LogP contribution in [0, 0.1) is 13.8 Å². The molecular formula is C25H23N3O3S3. The number of aromatic nitrogens is 2. The van der Waals surface area contributed by atoms with Crippen molar-refractivity contribution in [3.05, 3.63) is 76.3 Å². The lowest BCUT2D eigenvalue weighted by molar-refractivity contribution is -0.137. The van der Waals surface area contributed by atoms with E-state index in [9.17, 15) is 9.59 Å². The molecule has 2 heterocycles. The third-order valence-electron chi connectivity index (χ3n) is 5.19. The standard InChI is InChI=1S/C25H23N3O3S3/c1-16-8-6-11-19(14-16)33-24-20(17(2)26-28(24)18-9-4-3-5-10-18)15-21-23(31)27(25(32)34-21)13-7-12-22(29)30/h3-6,8-11,14-15H,7,12-13H2,1-2H3,(H,29,30)/b21-15-. The van der Waals surface area contributed by atoms with Gasteiger partial charge in [-0.3, -0.25) is 14.5 Å². The normalized spacial score (nSPS) is 14.9. The number of para-hydroxylation sites is 1. The summed E-state index contributed by atoms with van der Waals surface area (Å²) in [7, 11) is 0. The van der Waals surface area contributed by atoms with Gasteiger partial charge in [-0.15, -0.1) is 0 Å². The van der Waals surface area contributed by atoms with E-state index in [1.807, 2.05) is 54.1 Å². The van der Waals surface area contributed by atoms with Crippen molar-refractivity contribution >= 4 is 58.0 Å².